The van der Waals surface area contributed by atoms with E-state index >= 15 is 0 Å². The zero-order valence-electron chi connectivity index (χ0n) is 17.8. The number of halogens is 3. The van der Waals surface area contributed by atoms with Gasteiger partial charge in [-0.05, 0) is 74.0 Å². The quantitative estimate of drug-likeness (QED) is 0.356. The second-order valence-corrected chi connectivity index (χ2v) is 9.02. The number of ether oxygens (including phenoxy) is 1. The molecule has 2 N–H and O–H groups in total. The zero-order valence-corrected chi connectivity index (χ0v) is 20.1. The highest BCUT2D eigenvalue weighted by Gasteiger charge is 2.29. The van der Waals surface area contributed by atoms with Gasteiger partial charge in [-0.2, -0.15) is 0 Å². The normalized spacial score (nSPS) is 11.1. The topological polar surface area (TPSA) is 78.9 Å². The van der Waals surface area contributed by atoms with Crippen molar-refractivity contribution in [3.63, 3.8) is 0 Å². The third kappa shape index (κ3) is 6.78. The van der Waals surface area contributed by atoms with Crippen molar-refractivity contribution in [1.29, 1.82) is 0 Å². The van der Waals surface area contributed by atoms with Gasteiger partial charge in [-0.3, -0.25) is 4.90 Å². The van der Waals surface area contributed by atoms with Crippen LogP contribution in [0.3, 0.4) is 0 Å². The minimum Gasteiger partial charge on any atom is -0.478 e. The van der Waals surface area contributed by atoms with E-state index in [-0.39, 0.29) is 6.54 Å². The van der Waals surface area contributed by atoms with Crippen LogP contribution in [0, 0.1) is 0 Å². The molecule has 3 aromatic carbocycles. The summed E-state index contributed by atoms with van der Waals surface area (Å²) in [7, 11) is 0. The molecule has 0 radical (unpaired) electrons. The van der Waals surface area contributed by atoms with Gasteiger partial charge in [0.25, 0.3) is 0 Å². The Labute approximate surface area is 206 Å². The van der Waals surface area contributed by atoms with E-state index in [1.54, 1.807) is 54.6 Å². The lowest BCUT2D eigenvalue weighted by Crippen LogP contribution is -2.38. The molecule has 2 amide bonds. The second-order valence-electron chi connectivity index (χ2n) is 7.71. The third-order valence-corrected chi connectivity index (χ3v) is 5.34. The van der Waals surface area contributed by atoms with Crippen LogP contribution in [-0.2, 0) is 11.3 Å². The molecule has 0 saturated carbocycles. The van der Waals surface area contributed by atoms with Crippen LogP contribution in [0.1, 0.15) is 19.4 Å². The van der Waals surface area contributed by atoms with Crippen LogP contribution in [0.4, 0.5) is 16.2 Å². The van der Waals surface area contributed by atoms with Crippen molar-refractivity contribution in [2.24, 2.45) is 0 Å². The molecule has 0 bridgehead atoms. The summed E-state index contributed by atoms with van der Waals surface area (Å²) in [6.45, 7) is 3.16. The van der Waals surface area contributed by atoms with Crippen LogP contribution in [0.5, 0.6) is 5.75 Å². The molecule has 0 unspecified atom stereocenters. The highest BCUT2D eigenvalue weighted by Crippen LogP contribution is 2.27. The summed E-state index contributed by atoms with van der Waals surface area (Å²) in [5.74, 6) is -0.727. The first-order valence-corrected chi connectivity index (χ1v) is 11.0. The molecule has 0 spiro atoms. The maximum absolute atomic E-state index is 13.2. The van der Waals surface area contributed by atoms with Crippen molar-refractivity contribution in [3.8, 4) is 5.75 Å². The minimum atomic E-state index is -1.40. The van der Waals surface area contributed by atoms with Gasteiger partial charge in [0.05, 0.1) is 6.54 Å². The lowest BCUT2D eigenvalue weighted by atomic mass is 10.1. The first-order valence-electron chi connectivity index (χ1n) is 9.85. The lowest BCUT2D eigenvalue weighted by molar-refractivity contribution is -0.152. The first kappa shape index (κ1) is 24.7. The van der Waals surface area contributed by atoms with Gasteiger partial charge < -0.3 is 15.2 Å². The number of carbonyl (C=O) groups is 2. The highest BCUT2D eigenvalue weighted by atomic mass is 35.5. The standard InChI is InChI=1S/C24H21Cl3N2O4/c1-24(2,22(30)31)33-21-9-7-20(8-10-21)29(14-15-3-5-16(25)6-4-15)23(32)28-19-12-17(26)11-18(27)13-19/h3-13H,14H2,1-2H3,(H,28,32)(H,30,31). The Bertz CT molecular complexity index is 1130. The Morgan fingerprint density at radius 3 is 2.03 bits per heavy atom. The van der Waals surface area contributed by atoms with E-state index in [4.69, 9.17) is 39.5 Å². The number of benzene rings is 3. The third-order valence-electron chi connectivity index (χ3n) is 4.65. The van der Waals surface area contributed by atoms with E-state index in [2.05, 4.69) is 5.32 Å². The van der Waals surface area contributed by atoms with Gasteiger partial charge in [-0.25, -0.2) is 9.59 Å². The van der Waals surface area contributed by atoms with Gasteiger partial charge in [0.2, 0.25) is 0 Å². The van der Waals surface area contributed by atoms with Crippen LogP contribution < -0.4 is 15.0 Å². The molecule has 0 atom stereocenters. The van der Waals surface area contributed by atoms with E-state index in [1.165, 1.54) is 18.7 Å². The number of amides is 2. The summed E-state index contributed by atoms with van der Waals surface area (Å²) in [5, 5.41) is 13.4. The van der Waals surface area contributed by atoms with Crippen LogP contribution in [0.15, 0.2) is 66.7 Å². The molecule has 0 fully saturated rings. The average molecular weight is 508 g/mol. The number of rotatable bonds is 7. The van der Waals surface area contributed by atoms with Gasteiger partial charge in [0.1, 0.15) is 5.75 Å². The van der Waals surface area contributed by atoms with E-state index in [9.17, 15) is 14.7 Å². The van der Waals surface area contributed by atoms with Crippen molar-refractivity contribution in [1.82, 2.24) is 0 Å². The van der Waals surface area contributed by atoms with E-state index in [0.29, 0.717) is 32.2 Å². The van der Waals surface area contributed by atoms with E-state index < -0.39 is 17.6 Å². The number of urea groups is 1. The Balaban J connectivity index is 1.88. The highest BCUT2D eigenvalue weighted by molar-refractivity contribution is 6.35. The number of hydrogen-bond donors (Lipinski definition) is 2. The summed E-state index contributed by atoms with van der Waals surface area (Å²) in [5.41, 5.74) is 0.470. The molecule has 33 heavy (non-hydrogen) atoms. The SMILES string of the molecule is CC(C)(Oc1ccc(N(Cc2ccc(Cl)cc2)C(=O)Nc2cc(Cl)cc(Cl)c2)cc1)C(=O)O. The zero-order chi connectivity index (χ0) is 24.2. The van der Waals surface area contributed by atoms with Crippen molar-refractivity contribution >= 4 is 58.2 Å². The number of carbonyl (C=O) groups excluding carboxylic acids is 1. The van der Waals surface area contributed by atoms with Gasteiger partial charge in [-0.15, -0.1) is 0 Å². The van der Waals surface area contributed by atoms with Crippen molar-refractivity contribution in [3.05, 3.63) is 87.4 Å². The Morgan fingerprint density at radius 2 is 1.48 bits per heavy atom. The molecule has 172 valence electrons. The molecule has 0 aliphatic rings. The molecule has 0 aliphatic carbocycles. The van der Waals surface area contributed by atoms with Crippen molar-refractivity contribution in [2.45, 2.75) is 26.0 Å². The van der Waals surface area contributed by atoms with Crippen LogP contribution >= 0.6 is 34.8 Å². The number of anilines is 2. The van der Waals surface area contributed by atoms with Crippen LogP contribution in [0.25, 0.3) is 0 Å². The summed E-state index contributed by atoms with van der Waals surface area (Å²) < 4.78 is 5.55. The molecule has 0 heterocycles. The van der Waals surface area contributed by atoms with Gasteiger partial charge in [0.15, 0.2) is 5.60 Å². The Kier molecular flexibility index (Phi) is 7.74. The molecule has 3 rings (SSSR count). The fourth-order valence-corrected chi connectivity index (χ4v) is 3.55. The number of carboxylic acid groups (broad SMARTS) is 1. The molecular formula is C24H21Cl3N2O4. The Hall–Kier alpha value is -2.93. The molecule has 0 saturated heterocycles. The lowest BCUT2D eigenvalue weighted by Gasteiger charge is -2.25. The predicted molar refractivity (Wildman–Crippen MR) is 132 cm³/mol. The van der Waals surface area contributed by atoms with E-state index in [0.717, 1.165) is 5.56 Å². The summed E-state index contributed by atoms with van der Waals surface area (Å²) in [6, 6.07) is 18.1. The molecule has 9 heteroatoms. The number of hydrogen-bond acceptors (Lipinski definition) is 3. The minimum absolute atomic E-state index is 0.248. The molecule has 6 nitrogen and oxygen atoms in total. The Morgan fingerprint density at radius 1 is 0.909 bits per heavy atom. The number of nitrogens with one attached hydrogen (secondary N) is 1. The fourth-order valence-electron chi connectivity index (χ4n) is 2.90. The summed E-state index contributed by atoms with van der Waals surface area (Å²) in [4.78, 5) is 26.0. The van der Waals surface area contributed by atoms with Crippen LogP contribution in [0.2, 0.25) is 15.1 Å². The maximum Gasteiger partial charge on any atom is 0.347 e. The first-order chi connectivity index (χ1) is 15.5. The van der Waals surface area contributed by atoms with Gasteiger partial charge in [-0.1, -0.05) is 46.9 Å². The number of carboxylic acids is 1. The predicted octanol–water partition coefficient (Wildman–Crippen LogP) is 7.13. The largest absolute Gasteiger partial charge is 0.478 e. The van der Waals surface area contributed by atoms with Crippen molar-refractivity contribution in [2.75, 3.05) is 10.2 Å². The van der Waals surface area contributed by atoms with Crippen LogP contribution in [-0.4, -0.2) is 22.7 Å². The summed E-state index contributed by atoms with van der Waals surface area (Å²) in [6.07, 6.45) is 0. The summed E-state index contributed by atoms with van der Waals surface area (Å²) >= 11 is 18.1. The van der Waals surface area contributed by atoms with Crippen molar-refractivity contribution < 1.29 is 19.4 Å². The molecule has 0 aromatic heterocycles. The maximum atomic E-state index is 13.2. The second kappa shape index (κ2) is 10.3. The van der Waals surface area contributed by atoms with Gasteiger partial charge in [0, 0.05) is 26.4 Å². The fraction of sp³-hybridized carbons (Fsp3) is 0.167. The molecular weight excluding hydrogens is 487 g/mol. The van der Waals surface area contributed by atoms with Gasteiger partial charge >= 0.3 is 12.0 Å². The number of nitrogens with zero attached hydrogens (tertiary/aromatic N) is 1. The number of aliphatic carboxylic acids is 1. The molecule has 0 aliphatic heterocycles. The smallest absolute Gasteiger partial charge is 0.347 e. The van der Waals surface area contributed by atoms with E-state index in [1.807, 2.05) is 12.1 Å². The monoisotopic (exact) mass is 506 g/mol. The average Bonchev–Trinajstić information content (AvgIpc) is 2.73. The molecule has 3 aromatic rings.